The molecule has 3 heterocycles. The van der Waals surface area contributed by atoms with Crippen molar-refractivity contribution >= 4 is 11.8 Å². The normalized spacial score (nSPS) is 17.2. The predicted molar refractivity (Wildman–Crippen MR) is 112 cm³/mol. The number of likely N-dealkylation sites (tertiary alicyclic amines) is 1. The summed E-state index contributed by atoms with van der Waals surface area (Å²) in [5.41, 5.74) is 4.68. The maximum atomic E-state index is 12.8. The minimum absolute atomic E-state index is 0.205. The highest BCUT2D eigenvalue weighted by molar-refractivity contribution is 5.78. The number of hydrogen-bond donors (Lipinski definition) is 0. The maximum absolute atomic E-state index is 12.8. The fourth-order valence-corrected chi connectivity index (χ4v) is 4.53. The second-order valence-corrected chi connectivity index (χ2v) is 8.09. The summed E-state index contributed by atoms with van der Waals surface area (Å²) >= 11 is 0. The van der Waals surface area contributed by atoms with Crippen molar-refractivity contribution in [3.8, 4) is 11.3 Å². The molecule has 2 amide bonds. The van der Waals surface area contributed by atoms with Crippen LogP contribution in [0.3, 0.4) is 0 Å². The van der Waals surface area contributed by atoms with Gasteiger partial charge in [0.05, 0.1) is 5.69 Å². The number of rotatable bonds is 5. The highest BCUT2D eigenvalue weighted by Crippen LogP contribution is 2.28. The van der Waals surface area contributed by atoms with Crippen molar-refractivity contribution in [2.24, 2.45) is 7.05 Å². The third kappa shape index (κ3) is 4.36. The summed E-state index contributed by atoms with van der Waals surface area (Å²) in [5.74, 6) is 0.450. The number of carbonyl (C=O) groups is 2. The van der Waals surface area contributed by atoms with E-state index in [1.165, 1.54) is 11.3 Å². The molecule has 2 aliphatic heterocycles. The number of aromatic nitrogens is 2. The molecule has 6 heteroatoms. The van der Waals surface area contributed by atoms with E-state index in [1.54, 1.807) is 0 Å². The Morgan fingerprint density at radius 3 is 2.62 bits per heavy atom. The van der Waals surface area contributed by atoms with Gasteiger partial charge in [0, 0.05) is 69.3 Å². The maximum Gasteiger partial charge on any atom is 0.222 e. The van der Waals surface area contributed by atoms with E-state index in [1.807, 2.05) is 39.7 Å². The molecule has 0 aliphatic carbocycles. The Morgan fingerprint density at radius 2 is 1.83 bits per heavy atom. The lowest BCUT2D eigenvalue weighted by Gasteiger charge is -2.27. The van der Waals surface area contributed by atoms with Gasteiger partial charge in [-0.25, -0.2) is 0 Å². The Morgan fingerprint density at radius 1 is 1.03 bits per heavy atom. The molecule has 0 radical (unpaired) electrons. The lowest BCUT2D eigenvalue weighted by Crippen LogP contribution is -2.37. The summed E-state index contributed by atoms with van der Waals surface area (Å²) in [7, 11) is 2.00. The van der Waals surface area contributed by atoms with E-state index in [0.717, 1.165) is 63.0 Å². The van der Waals surface area contributed by atoms with Gasteiger partial charge in [-0.15, -0.1) is 0 Å². The summed E-state index contributed by atoms with van der Waals surface area (Å²) in [6.45, 7) is 3.03. The first kappa shape index (κ1) is 19.7. The van der Waals surface area contributed by atoms with Crippen LogP contribution in [0.2, 0.25) is 0 Å². The molecule has 154 valence electrons. The number of piperidine rings is 1. The van der Waals surface area contributed by atoms with Crippen molar-refractivity contribution in [2.45, 2.75) is 44.9 Å². The second kappa shape index (κ2) is 8.80. The number of amides is 2. The van der Waals surface area contributed by atoms with E-state index in [-0.39, 0.29) is 11.8 Å². The van der Waals surface area contributed by atoms with Crippen molar-refractivity contribution in [3.05, 3.63) is 41.6 Å². The average Bonchev–Trinajstić information content (AvgIpc) is 2.90. The molecule has 1 aromatic carbocycles. The van der Waals surface area contributed by atoms with E-state index in [2.05, 4.69) is 12.1 Å². The van der Waals surface area contributed by atoms with Crippen molar-refractivity contribution in [1.82, 2.24) is 19.6 Å². The van der Waals surface area contributed by atoms with Crippen LogP contribution >= 0.6 is 0 Å². The second-order valence-electron chi connectivity index (χ2n) is 8.09. The van der Waals surface area contributed by atoms with Crippen LogP contribution in [0.1, 0.15) is 43.4 Å². The predicted octanol–water partition coefficient (Wildman–Crippen LogP) is 2.81. The number of aryl methyl sites for hydroxylation is 1. The Balaban J connectivity index is 1.36. The van der Waals surface area contributed by atoms with Gasteiger partial charge in [-0.2, -0.15) is 5.10 Å². The molecule has 0 bridgehead atoms. The average molecular weight is 395 g/mol. The Bertz CT molecular complexity index is 875. The van der Waals surface area contributed by atoms with E-state index in [9.17, 15) is 9.59 Å². The van der Waals surface area contributed by atoms with Crippen LogP contribution in [0.4, 0.5) is 0 Å². The zero-order chi connectivity index (χ0) is 20.2. The molecule has 1 fully saturated rings. The topological polar surface area (TPSA) is 58.4 Å². The van der Waals surface area contributed by atoms with Gasteiger partial charge in [-0.05, 0) is 25.7 Å². The Kier molecular flexibility index (Phi) is 5.97. The number of hydrogen-bond acceptors (Lipinski definition) is 3. The molecule has 0 N–H and O–H groups in total. The number of fused-ring (bicyclic) bond motifs is 1. The van der Waals surface area contributed by atoms with Gasteiger partial charge in [0.25, 0.3) is 0 Å². The largest absolute Gasteiger partial charge is 0.343 e. The first-order valence-electron chi connectivity index (χ1n) is 10.8. The van der Waals surface area contributed by atoms with E-state index < -0.39 is 0 Å². The fourth-order valence-electron chi connectivity index (χ4n) is 4.53. The van der Waals surface area contributed by atoms with Crippen LogP contribution in [0.15, 0.2) is 30.3 Å². The molecule has 2 aliphatic rings. The van der Waals surface area contributed by atoms with Gasteiger partial charge >= 0.3 is 0 Å². The molecule has 0 saturated carbocycles. The summed E-state index contributed by atoms with van der Waals surface area (Å²) < 4.78 is 1.98. The lowest BCUT2D eigenvalue weighted by molar-refractivity contribution is -0.135. The number of carbonyl (C=O) groups excluding carboxylic acids is 2. The highest BCUT2D eigenvalue weighted by atomic mass is 16.2. The van der Waals surface area contributed by atoms with E-state index in [4.69, 9.17) is 5.10 Å². The van der Waals surface area contributed by atoms with E-state index >= 15 is 0 Å². The third-order valence-electron chi connectivity index (χ3n) is 6.17. The molecule has 0 atom stereocenters. The molecule has 29 heavy (non-hydrogen) atoms. The summed E-state index contributed by atoms with van der Waals surface area (Å²) in [6.07, 6.45) is 5.70. The molecule has 4 rings (SSSR count). The molecule has 6 nitrogen and oxygen atoms in total. The van der Waals surface area contributed by atoms with Crippen molar-refractivity contribution in [3.63, 3.8) is 0 Å². The molecule has 1 aromatic heterocycles. The first-order valence-corrected chi connectivity index (χ1v) is 10.8. The van der Waals surface area contributed by atoms with Gasteiger partial charge < -0.3 is 9.80 Å². The zero-order valence-electron chi connectivity index (χ0n) is 17.3. The van der Waals surface area contributed by atoms with Gasteiger partial charge in [0.15, 0.2) is 0 Å². The van der Waals surface area contributed by atoms with Crippen molar-refractivity contribution in [2.75, 3.05) is 26.2 Å². The lowest BCUT2D eigenvalue weighted by atomic mass is 10.0. The Hall–Kier alpha value is -2.63. The SMILES string of the molecule is Cn1nc(-c2ccccc2)c2c1CCN(C(=O)CCCN1CCCCC1=O)CC2. The van der Waals surface area contributed by atoms with Gasteiger partial charge in [-0.1, -0.05) is 30.3 Å². The molecular weight excluding hydrogens is 364 g/mol. The quantitative estimate of drug-likeness (QED) is 0.784. The van der Waals surface area contributed by atoms with Crippen LogP contribution in [0.25, 0.3) is 11.3 Å². The van der Waals surface area contributed by atoms with Gasteiger partial charge in [-0.3, -0.25) is 14.3 Å². The molecular formula is C23H30N4O2. The summed E-state index contributed by atoms with van der Waals surface area (Å²) in [4.78, 5) is 28.6. The van der Waals surface area contributed by atoms with E-state index in [0.29, 0.717) is 19.4 Å². The molecule has 1 saturated heterocycles. The standard InChI is InChI=1S/C23H30N4O2/c1-25-20-13-17-27(22(29)11-7-15-26-14-6-5-10-21(26)28)16-12-19(20)23(24-25)18-8-3-2-4-9-18/h2-4,8-9H,5-7,10-17H2,1H3. The Labute approximate surface area is 172 Å². The zero-order valence-corrected chi connectivity index (χ0v) is 17.3. The first-order chi connectivity index (χ1) is 14.1. The van der Waals surface area contributed by atoms with Crippen LogP contribution in [0, 0.1) is 0 Å². The monoisotopic (exact) mass is 394 g/mol. The van der Waals surface area contributed by atoms with Crippen LogP contribution in [0.5, 0.6) is 0 Å². The van der Waals surface area contributed by atoms with Crippen LogP contribution in [-0.4, -0.2) is 57.6 Å². The smallest absolute Gasteiger partial charge is 0.222 e. The van der Waals surface area contributed by atoms with Gasteiger partial charge in [0.1, 0.15) is 0 Å². The van der Waals surface area contributed by atoms with Crippen molar-refractivity contribution in [1.29, 1.82) is 0 Å². The molecule has 2 aromatic rings. The summed E-state index contributed by atoms with van der Waals surface area (Å²) in [5, 5.41) is 4.76. The molecule has 0 spiro atoms. The highest BCUT2D eigenvalue weighted by Gasteiger charge is 2.24. The minimum atomic E-state index is 0.205. The molecule has 0 unspecified atom stereocenters. The van der Waals surface area contributed by atoms with Crippen LogP contribution < -0.4 is 0 Å². The fraction of sp³-hybridized carbons (Fsp3) is 0.522. The number of nitrogens with zero attached hydrogens (tertiary/aromatic N) is 4. The van der Waals surface area contributed by atoms with Crippen molar-refractivity contribution < 1.29 is 9.59 Å². The summed E-state index contributed by atoms with van der Waals surface area (Å²) in [6, 6.07) is 10.3. The van der Waals surface area contributed by atoms with Crippen LogP contribution in [-0.2, 0) is 29.5 Å². The minimum Gasteiger partial charge on any atom is -0.343 e. The number of benzene rings is 1. The third-order valence-corrected chi connectivity index (χ3v) is 6.17. The van der Waals surface area contributed by atoms with Gasteiger partial charge in [0.2, 0.25) is 11.8 Å².